The molecule has 1 aromatic carbocycles. The van der Waals surface area contributed by atoms with Crippen LogP contribution >= 0.6 is 0 Å². The van der Waals surface area contributed by atoms with Crippen LogP contribution in [0.4, 0.5) is 17.5 Å². The number of aromatic nitrogens is 3. The smallest absolute Gasteiger partial charge is 0.218 e. The molecule has 1 aliphatic heterocycles. The Labute approximate surface area is 183 Å². The number of rotatable bonds is 6. The van der Waals surface area contributed by atoms with E-state index in [0.717, 1.165) is 28.3 Å². The molecule has 0 aliphatic carbocycles. The first kappa shape index (κ1) is 21.2. The van der Waals surface area contributed by atoms with E-state index in [2.05, 4.69) is 25.2 Å². The van der Waals surface area contributed by atoms with Crippen LogP contribution < -0.4 is 10.2 Å². The zero-order chi connectivity index (χ0) is 21.8. The quantitative estimate of drug-likeness (QED) is 0.633. The Hall–Kier alpha value is -3.04. The number of pyridine rings is 1. The normalized spacial score (nSPS) is 15.1. The molecule has 4 rings (SSSR count). The van der Waals surface area contributed by atoms with E-state index in [9.17, 15) is 8.42 Å². The average Bonchev–Trinajstić information content (AvgIpc) is 2.74. The number of anilines is 3. The van der Waals surface area contributed by atoms with Crippen LogP contribution in [-0.2, 0) is 15.8 Å². The third-order valence-electron chi connectivity index (χ3n) is 5.21. The van der Waals surface area contributed by atoms with Crippen molar-refractivity contribution in [2.24, 2.45) is 0 Å². The highest BCUT2D eigenvalue weighted by Gasteiger charge is 2.27. The Kier molecular flexibility index (Phi) is 6.15. The van der Waals surface area contributed by atoms with E-state index in [1.54, 1.807) is 10.5 Å². The summed E-state index contributed by atoms with van der Waals surface area (Å²) in [5.74, 6) is 2.16. The van der Waals surface area contributed by atoms with Gasteiger partial charge in [-0.25, -0.2) is 23.4 Å². The van der Waals surface area contributed by atoms with Gasteiger partial charge in [-0.15, -0.1) is 0 Å². The Morgan fingerprint density at radius 1 is 0.903 bits per heavy atom. The molecule has 0 saturated carbocycles. The third-order valence-corrected chi connectivity index (χ3v) is 7.06. The van der Waals surface area contributed by atoms with Crippen LogP contribution in [0.25, 0.3) is 0 Å². The first-order valence-corrected chi connectivity index (χ1v) is 11.8. The molecule has 1 fully saturated rings. The summed E-state index contributed by atoms with van der Waals surface area (Å²) in [6, 6.07) is 13.4. The molecule has 31 heavy (non-hydrogen) atoms. The first-order chi connectivity index (χ1) is 14.9. The second-order valence-electron chi connectivity index (χ2n) is 7.74. The van der Waals surface area contributed by atoms with Gasteiger partial charge in [-0.2, -0.15) is 4.31 Å². The second kappa shape index (κ2) is 8.99. The van der Waals surface area contributed by atoms with E-state index in [0.29, 0.717) is 32.0 Å². The fourth-order valence-electron chi connectivity index (χ4n) is 3.62. The van der Waals surface area contributed by atoms with Crippen LogP contribution in [0, 0.1) is 13.8 Å². The maximum absolute atomic E-state index is 12.9. The van der Waals surface area contributed by atoms with Crippen LogP contribution in [0.15, 0.2) is 55.0 Å². The fraction of sp³-hybridized carbons (Fsp3) is 0.318. The van der Waals surface area contributed by atoms with Gasteiger partial charge in [-0.05, 0) is 37.1 Å². The largest absolute Gasteiger partial charge is 0.354 e. The number of aryl methyl sites for hydroxylation is 2. The minimum Gasteiger partial charge on any atom is -0.354 e. The van der Waals surface area contributed by atoms with Gasteiger partial charge < -0.3 is 10.2 Å². The molecule has 0 radical (unpaired) electrons. The molecule has 1 aliphatic rings. The van der Waals surface area contributed by atoms with Crippen LogP contribution in [0.5, 0.6) is 0 Å². The van der Waals surface area contributed by atoms with Gasteiger partial charge in [0, 0.05) is 38.4 Å². The third kappa shape index (κ3) is 5.36. The summed E-state index contributed by atoms with van der Waals surface area (Å²) in [4.78, 5) is 15.0. The van der Waals surface area contributed by atoms with Gasteiger partial charge in [-0.3, -0.25) is 0 Å². The molecule has 0 unspecified atom stereocenters. The standard InChI is InChI=1S/C22H26N6O2S/c1-17-4-3-5-19(12-17)15-31(29,30)28-10-8-27(9-11-28)22-14-21(24-16-25-22)26-20-13-18(2)6-7-23-20/h3-7,12-14,16H,8-11,15H2,1-2H3,(H,23,24,25,26). The molecule has 3 heterocycles. The average molecular weight is 439 g/mol. The molecule has 2 aromatic heterocycles. The van der Waals surface area contributed by atoms with E-state index in [-0.39, 0.29) is 5.75 Å². The monoisotopic (exact) mass is 438 g/mol. The minimum atomic E-state index is -3.36. The van der Waals surface area contributed by atoms with Gasteiger partial charge in [0.1, 0.15) is 23.8 Å². The van der Waals surface area contributed by atoms with Crippen LogP contribution in [-0.4, -0.2) is 53.9 Å². The van der Waals surface area contributed by atoms with Gasteiger partial charge in [0.05, 0.1) is 5.75 Å². The molecule has 0 atom stereocenters. The predicted octanol–water partition coefficient (Wildman–Crippen LogP) is 2.88. The lowest BCUT2D eigenvalue weighted by Crippen LogP contribution is -2.49. The van der Waals surface area contributed by atoms with Crippen LogP contribution in [0.1, 0.15) is 16.7 Å². The number of nitrogens with one attached hydrogen (secondary N) is 1. The Morgan fingerprint density at radius 2 is 1.65 bits per heavy atom. The summed E-state index contributed by atoms with van der Waals surface area (Å²) in [6.07, 6.45) is 3.25. The van der Waals surface area contributed by atoms with Crippen molar-refractivity contribution in [2.45, 2.75) is 19.6 Å². The van der Waals surface area contributed by atoms with Crippen molar-refractivity contribution in [3.8, 4) is 0 Å². The summed E-state index contributed by atoms with van der Waals surface area (Å²) in [6.45, 7) is 5.98. The van der Waals surface area contributed by atoms with Crippen LogP contribution in [0.2, 0.25) is 0 Å². The summed E-state index contributed by atoms with van der Waals surface area (Å²) < 4.78 is 27.3. The number of hydrogen-bond donors (Lipinski definition) is 1. The molecule has 1 saturated heterocycles. The van der Waals surface area contributed by atoms with Crippen molar-refractivity contribution in [2.75, 3.05) is 36.4 Å². The van der Waals surface area contributed by atoms with Gasteiger partial charge in [-0.1, -0.05) is 29.8 Å². The van der Waals surface area contributed by atoms with Crippen molar-refractivity contribution >= 4 is 27.5 Å². The van der Waals surface area contributed by atoms with E-state index in [1.807, 2.05) is 56.3 Å². The minimum absolute atomic E-state index is 0.0275. The molecular weight excluding hydrogens is 412 g/mol. The second-order valence-corrected chi connectivity index (χ2v) is 9.71. The highest BCUT2D eigenvalue weighted by Crippen LogP contribution is 2.21. The zero-order valence-electron chi connectivity index (χ0n) is 17.7. The Balaban J connectivity index is 1.39. The zero-order valence-corrected chi connectivity index (χ0v) is 18.5. The van der Waals surface area contributed by atoms with E-state index >= 15 is 0 Å². The number of hydrogen-bond acceptors (Lipinski definition) is 7. The SMILES string of the molecule is Cc1cccc(CS(=O)(=O)N2CCN(c3cc(Nc4cc(C)ccn4)ncn3)CC2)c1. The Morgan fingerprint density at radius 3 is 2.39 bits per heavy atom. The molecule has 0 spiro atoms. The number of piperazine rings is 1. The van der Waals surface area contributed by atoms with Crippen molar-refractivity contribution in [3.63, 3.8) is 0 Å². The molecule has 1 N–H and O–H groups in total. The molecule has 3 aromatic rings. The van der Waals surface area contributed by atoms with Crippen molar-refractivity contribution in [3.05, 3.63) is 71.7 Å². The van der Waals surface area contributed by atoms with Crippen molar-refractivity contribution < 1.29 is 8.42 Å². The van der Waals surface area contributed by atoms with Gasteiger partial charge in [0.25, 0.3) is 0 Å². The lowest BCUT2D eigenvalue weighted by Gasteiger charge is -2.34. The van der Waals surface area contributed by atoms with E-state index in [1.165, 1.54) is 6.33 Å². The van der Waals surface area contributed by atoms with Crippen molar-refractivity contribution in [1.29, 1.82) is 0 Å². The maximum atomic E-state index is 12.9. The highest BCUT2D eigenvalue weighted by molar-refractivity contribution is 7.88. The van der Waals surface area contributed by atoms with Gasteiger partial charge in [0.15, 0.2) is 0 Å². The number of sulfonamides is 1. The molecule has 162 valence electrons. The molecular formula is C22H26N6O2S. The lowest BCUT2D eigenvalue weighted by atomic mass is 10.2. The molecule has 0 bridgehead atoms. The topological polar surface area (TPSA) is 91.3 Å². The molecule has 0 amide bonds. The van der Waals surface area contributed by atoms with Gasteiger partial charge >= 0.3 is 0 Å². The number of benzene rings is 1. The fourth-order valence-corrected chi connectivity index (χ4v) is 5.13. The summed E-state index contributed by atoms with van der Waals surface area (Å²) >= 11 is 0. The first-order valence-electron chi connectivity index (χ1n) is 10.2. The van der Waals surface area contributed by atoms with E-state index < -0.39 is 10.0 Å². The lowest BCUT2D eigenvalue weighted by molar-refractivity contribution is 0.383. The molecule has 8 nitrogen and oxygen atoms in total. The van der Waals surface area contributed by atoms with Crippen molar-refractivity contribution in [1.82, 2.24) is 19.3 Å². The van der Waals surface area contributed by atoms with E-state index in [4.69, 9.17) is 0 Å². The Bertz CT molecular complexity index is 1160. The highest BCUT2D eigenvalue weighted by atomic mass is 32.2. The summed E-state index contributed by atoms with van der Waals surface area (Å²) in [5.41, 5.74) is 2.99. The number of nitrogens with zero attached hydrogens (tertiary/aromatic N) is 5. The summed E-state index contributed by atoms with van der Waals surface area (Å²) in [5, 5.41) is 3.19. The predicted molar refractivity (Wildman–Crippen MR) is 122 cm³/mol. The molecule has 9 heteroatoms. The van der Waals surface area contributed by atoms with Crippen LogP contribution in [0.3, 0.4) is 0 Å². The summed E-state index contributed by atoms with van der Waals surface area (Å²) in [7, 11) is -3.36. The van der Waals surface area contributed by atoms with Gasteiger partial charge in [0.2, 0.25) is 10.0 Å². The maximum Gasteiger partial charge on any atom is 0.218 e.